The van der Waals surface area contributed by atoms with E-state index in [2.05, 4.69) is 37.7 Å². The molecule has 1 aliphatic heterocycles. The van der Waals surface area contributed by atoms with Crippen LogP contribution < -0.4 is 21.6 Å². The molecule has 1 aromatic carbocycles. The monoisotopic (exact) mass is 463 g/mol. The first-order valence-electron chi connectivity index (χ1n) is 11.0. The van der Waals surface area contributed by atoms with Crippen LogP contribution in [0.2, 0.25) is 0 Å². The molecule has 0 atom stereocenters. The zero-order valence-electron chi connectivity index (χ0n) is 18.9. The van der Waals surface area contributed by atoms with E-state index in [1.807, 2.05) is 13.0 Å². The average Bonchev–Trinajstić information content (AvgIpc) is 3.09. The normalized spacial score (nSPS) is 13.8. The summed E-state index contributed by atoms with van der Waals surface area (Å²) in [5.74, 6) is 0.891. The van der Waals surface area contributed by atoms with Gasteiger partial charge in [0.2, 0.25) is 5.95 Å². The first kappa shape index (κ1) is 21.6. The fourth-order valence-corrected chi connectivity index (χ4v) is 4.91. The van der Waals surface area contributed by atoms with Crippen LogP contribution in [0.25, 0.3) is 16.9 Å². The van der Waals surface area contributed by atoms with E-state index in [-0.39, 0.29) is 5.56 Å². The fraction of sp³-hybridized carbons (Fsp3) is 0.304. The second kappa shape index (κ2) is 8.24. The van der Waals surface area contributed by atoms with Gasteiger partial charge in [-0.3, -0.25) is 4.79 Å². The molecule has 0 saturated carbocycles. The van der Waals surface area contributed by atoms with Gasteiger partial charge in [0.1, 0.15) is 18.0 Å². The second-order valence-electron chi connectivity index (χ2n) is 8.50. The van der Waals surface area contributed by atoms with Crippen LogP contribution in [-0.2, 0) is 24.1 Å². The van der Waals surface area contributed by atoms with Crippen LogP contribution in [0.4, 0.5) is 11.6 Å². The molecule has 3 aromatic heterocycles. The summed E-state index contributed by atoms with van der Waals surface area (Å²) in [7, 11) is -2.57. The number of pyridine rings is 1. The Morgan fingerprint density at radius 2 is 2.00 bits per heavy atom. The molecular weight excluding hydrogens is 437 g/mol. The summed E-state index contributed by atoms with van der Waals surface area (Å²) in [5, 5.41) is 7.05. The number of benzene rings is 1. The standard InChI is InChI=1S/C23H26N7O2P/c1-4-29-22(31)18-14-25-23(26-17-9-8-16-13-24-11-10-15(16)12-17)28-21(18)30(29)19-6-5-7-20(27-19)33(2,3)32/h5-9,12,14,24H,4,10-11,13H2,1-3H3,(H,25,26,28). The molecule has 0 spiro atoms. The number of rotatable bonds is 5. The van der Waals surface area contributed by atoms with Crippen molar-refractivity contribution >= 4 is 35.2 Å². The number of aromatic nitrogens is 5. The van der Waals surface area contributed by atoms with Gasteiger partial charge in [-0.05, 0) is 68.6 Å². The highest BCUT2D eigenvalue weighted by Crippen LogP contribution is 2.33. The van der Waals surface area contributed by atoms with E-state index in [4.69, 9.17) is 0 Å². The topological polar surface area (TPSA) is 107 Å². The SMILES string of the molecule is CCn1c(=O)c2cnc(Nc3ccc4c(c3)CCNC4)nc2n1-c1cccc(P(C)(C)=O)n1. The molecule has 0 amide bonds. The maximum Gasteiger partial charge on any atom is 0.278 e. The third-order valence-corrected chi connectivity index (χ3v) is 7.16. The number of nitrogens with zero attached hydrogens (tertiary/aromatic N) is 5. The lowest BCUT2D eigenvalue weighted by Gasteiger charge is -2.18. The summed E-state index contributed by atoms with van der Waals surface area (Å²) >= 11 is 0. The molecule has 5 rings (SSSR count). The van der Waals surface area contributed by atoms with E-state index in [1.54, 1.807) is 47.1 Å². The molecule has 1 aliphatic rings. The van der Waals surface area contributed by atoms with Gasteiger partial charge in [-0.15, -0.1) is 0 Å². The minimum absolute atomic E-state index is 0.191. The van der Waals surface area contributed by atoms with Crippen LogP contribution in [0.15, 0.2) is 47.4 Å². The van der Waals surface area contributed by atoms with Gasteiger partial charge < -0.3 is 15.2 Å². The highest BCUT2D eigenvalue weighted by Gasteiger charge is 2.20. The molecule has 4 heterocycles. The smallest absolute Gasteiger partial charge is 0.278 e. The minimum atomic E-state index is -2.57. The first-order valence-corrected chi connectivity index (χ1v) is 13.6. The number of hydrogen-bond acceptors (Lipinski definition) is 7. The molecule has 0 radical (unpaired) electrons. The summed E-state index contributed by atoms with van der Waals surface area (Å²) in [4.78, 5) is 26.7. The average molecular weight is 463 g/mol. The summed E-state index contributed by atoms with van der Waals surface area (Å²) < 4.78 is 15.9. The Labute approximate surface area is 191 Å². The van der Waals surface area contributed by atoms with Crippen LogP contribution in [0, 0.1) is 0 Å². The molecule has 9 nitrogen and oxygen atoms in total. The molecular formula is C23H26N7O2P. The van der Waals surface area contributed by atoms with Crippen LogP contribution in [0.5, 0.6) is 0 Å². The molecule has 0 fully saturated rings. The van der Waals surface area contributed by atoms with Crippen molar-refractivity contribution in [2.24, 2.45) is 0 Å². The maximum absolute atomic E-state index is 13.0. The van der Waals surface area contributed by atoms with Crippen LogP contribution in [0.1, 0.15) is 18.1 Å². The molecule has 10 heteroatoms. The highest BCUT2D eigenvalue weighted by atomic mass is 31.2. The molecule has 0 saturated heterocycles. The Kier molecular flexibility index (Phi) is 5.38. The van der Waals surface area contributed by atoms with Gasteiger partial charge in [-0.2, -0.15) is 4.98 Å². The fourth-order valence-electron chi connectivity index (χ4n) is 4.12. The Morgan fingerprint density at radius 3 is 2.79 bits per heavy atom. The van der Waals surface area contributed by atoms with Crippen molar-refractivity contribution in [2.75, 3.05) is 25.2 Å². The van der Waals surface area contributed by atoms with Crippen LogP contribution in [0.3, 0.4) is 0 Å². The Morgan fingerprint density at radius 1 is 1.15 bits per heavy atom. The molecule has 4 aromatic rings. The zero-order valence-corrected chi connectivity index (χ0v) is 19.8. The van der Waals surface area contributed by atoms with Gasteiger partial charge in [-0.1, -0.05) is 12.1 Å². The van der Waals surface area contributed by atoms with Gasteiger partial charge in [0, 0.05) is 25.0 Å². The zero-order chi connectivity index (χ0) is 23.2. The number of anilines is 2. The number of fused-ring (bicyclic) bond motifs is 2. The lowest BCUT2D eigenvalue weighted by atomic mass is 10.0. The number of nitrogens with one attached hydrogen (secondary N) is 2. The van der Waals surface area contributed by atoms with Crippen LogP contribution in [-0.4, -0.2) is 44.2 Å². The summed E-state index contributed by atoms with van der Waals surface area (Å²) in [6.45, 7) is 7.52. The van der Waals surface area contributed by atoms with E-state index < -0.39 is 7.14 Å². The van der Waals surface area contributed by atoms with Crippen molar-refractivity contribution in [3.8, 4) is 5.82 Å². The maximum atomic E-state index is 13.0. The van der Waals surface area contributed by atoms with Gasteiger partial charge in [-0.25, -0.2) is 19.3 Å². The van der Waals surface area contributed by atoms with E-state index in [0.29, 0.717) is 34.8 Å². The van der Waals surface area contributed by atoms with Crippen molar-refractivity contribution in [3.05, 3.63) is 64.1 Å². The summed E-state index contributed by atoms with van der Waals surface area (Å²) in [5.41, 5.74) is 4.27. The number of hydrogen-bond donors (Lipinski definition) is 2. The lowest BCUT2D eigenvalue weighted by molar-refractivity contribution is 0.568. The first-order chi connectivity index (χ1) is 15.8. The minimum Gasteiger partial charge on any atom is -0.324 e. The lowest BCUT2D eigenvalue weighted by Crippen LogP contribution is -2.23. The van der Waals surface area contributed by atoms with Crippen molar-refractivity contribution < 1.29 is 4.57 Å². The molecule has 0 bridgehead atoms. The van der Waals surface area contributed by atoms with Crippen molar-refractivity contribution in [1.82, 2.24) is 29.6 Å². The highest BCUT2D eigenvalue weighted by molar-refractivity contribution is 7.69. The van der Waals surface area contributed by atoms with Crippen LogP contribution >= 0.6 is 7.14 Å². The third-order valence-electron chi connectivity index (χ3n) is 5.81. The predicted molar refractivity (Wildman–Crippen MR) is 131 cm³/mol. The van der Waals surface area contributed by atoms with Gasteiger partial charge in [0.05, 0.1) is 0 Å². The molecule has 33 heavy (non-hydrogen) atoms. The van der Waals surface area contributed by atoms with E-state index in [9.17, 15) is 9.36 Å². The predicted octanol–water partition coefficient (Wildman–Crippen LogP) is 2.63. The third kappa shape index (κ3) is 3.98. The summed E-state index contributed by atoms with van der Waals surface area (Å²) in [6.07, 6.45) is 2.52. The van der Waals surface area contributed by atoms with E-state index in [1.165, 1.54) is 11.1 Å². The Bertz CT molecular complexity index is 1470. The van der Waals surface area contributed by atoms with E-state index in [0.717, 1.165) is 25.2 Å². The molecule has 2 N–H and O–H groups in total. The van der Waals surface area contributed by atoms with Gasteiger partial charge in [0.25, 0.3) is 5.56 Å². The van der Waals surface area contributed by atoms with Crippen molar-refractivity contribution in [2.45, 2.75) is 26.4 Å². The molecule has 0 unspecified atom stereocenters. The van der Waals surface area contributed by atoms with E-state index >= 15 is 0 Å². The molecule has 0 aliphatic carbocycles. The Hall–Kier alpha value is -3.29. The van der Waals surface area contributed by atoms with Gasteiger partial charge in [0.15, 0.2) is 11.5 Å². The summed E-state index contributed by atoms with van der Waals surface area (Å²) in [6, 6.07) is 11.6. The largest absolute Gasteiger partial charge is 0.324 e. The van der Waals surface area contributed by atoms with Crippen molar-refractivity contribution in [1.29, 1.82) is 0 Å². The quantitative estimate of drug-likeness (QED) is 0.438. The second-order valence-corrected chi connectivity index (χ2v) is 11.7. The van der Waals surface area contributed by atoms with Crippen molar-refractivity contribution in [3.63, 3.8) is 0 Å². The Balaban J connectivity index is 1.61. The molecule has 170 valence electrons. The van der Waals surface area contributed by atoms with Gasteiger partial charge >= 0.3 is 0 Å².